The molecule has 30 heavy (non-hydrogen) atoms. The number of carbonyl (C=O) groups excluding carboxylic acids is 1. The van der Waals surface area contributed by atoms with E-state index in [9.17, 15) is 9.18 Å². The number of carbonyl (C=O) groups is 1. The van der Waals surface area contributed by atoms with Crippen molar-refractivity contribution in [2.75, 3.05) is 5.32 Å². The monoisotopic (exact) mass is 431 g/mol. The molecule has 1 heterocycles. The van der Waals surface area contributed by atoms with Crippen molar-refractivity contribution in [3.63, 3.8) is 0 Å². The summed E-state index contributed by atoms with van der Waals surface area (Å²) >= 11 is 5.81. The molecule has 5 rings (SSSR count). The van der Waals surface area contributed by atoms with E-state index in [0.29, 0.717) is 17.3 Å². The molecule has 1 aromatic carbocycles. The summed E-state index contributed by atoms with van der Waals surface area (Å²) in [5.74, 6) is 3.05. The largest absolute Gasteiger partial charge is 0.329 e. The van der Waals surface area contributed by atoms with E-state index in [4.69, 9.17) is 11.6 Å². The maximum atomic E-state index is 13.3. The number of nitrogens with zero attached hydrogens (tertiary/aromatic N) is 2. The van der Waals surface area contributed by atoms with Crippen LogP contribution >= 0.6 is 11.6 Å². The highest BCUT2D eigenvalue weighted by atomic mass is 35.5. The van der Waals surface area contributed by atoms with Gasteiger partial charge in [-0.15, -0.1) is 0 Å². The van der Waals surface area contributed by atoms with Gasteiger partial charge in [0.15, 0.2) is 0 Å². The van der Waals surface area contributed by atoms with E-state index in [-0.39, 0.29) is 10.9 Å². The van der Waals surface area contributed by atoms with Crippen LogP contribution in [0.25, 0.3) is 0 Å². The summed E-state index contributed by atoms with van der Waals surface area (Å²) in [5, 5.41) is 2.82. The van der Waals surface area contributed by atoms with Crippen LogP contribution < -0.4 is 5.32 Å². The molecule has 1 N–H and O–H groups in total. The average Bonchev–Trinajstić information content (AvgIpc) is 3.07. The van der Waals surface area contributed by atoms with E-state index < -0.39 is 5.82 Å². The summed E-state index contributed by atoms with van der Waals surface area (Å²) in [6.07, 6.45) is 9.51. The molecule has 2 atom stereocenters. The number of benzene rings is 1. The standard InChI is InChI=1S/C20H23ClFN3O.C4H8/c1-11-5-12-7-14(8-13(12)6-11)18-19(25(2)10-23-18)20(26)24-15-3-4-17(22)16(21)9-15;1-4-2-3-4/h3-4,9-14H,5-8H2,1-2H3,(H,24,26);4H,2-3H2,1H3. The molecule has 0 radical (unpaired) electrons. The van der Waals surface area contributed by atoms with E-state index in [2.05, 4.69) is 24.1 Å². The van der Waals surface area contributed by atoms with Crippen LogP contribution in [0.1, 0.15) is 74.5 Å². The minimum atomic E-state index is -0.502. The number of imidazole rings is 1. The molecule has 0 aliphatic heterocycles. The highest BCUT2D eigenvalue weighted by molar-refractivity contribution is 6.31. The van der Waals surface area contributed by atoms with Crippen molar-refractivity contribution in [1.82, 2.24) is 9.55 Å². The third-order valence-corrected chi connectivity index (χ3v) is 7.15. The predicted molar refractivity (Wildman–Crippen MR) is 118 cm³/mol. The van der Waals surface area contributed by atoms with E-state index in [0.717, 1.165) is 42.2 Å². The Morgan fingerprint density at radius 3 is 2.33 bits per heavy atom. The Bertz CT molecular complexity index is 909. The normalized spacial score (nSPS) is 27.4. The van der Waals surface area contributed by atoms with Gasteiger partial charge in [0.2, 0.25) is 0 Å². The molecule has 3 fully saturated rings. The number of fused-ring (bicyclic) bond motifs is 1. The first-order valence-corrected chi connectivity index (χ1v) is 11.5. The smallest absolute Gasteiger partial charge is 0.274 e. The van der Waals surface area contributed by atoms with Crippen LogP contribution in [-0.2, 0) is 7.05 Å². The number of hydrogen-bond acceptors (Lipinski definition) is 2. The van der Waals surface area contributed by atoms with Crippen LogP contribution in [0.2, 0.25) is 5.02 Å². The number of amides is 1. The fourth-order valence-electron chi connectivity index (χ4n) is 5.10. The Hall–Kier alpha value is -1.88. The van der Waals surface area contributed by atoms with Gasteiger partial charge < -0.3 is 9.88 Å². The first-order valence-electron chi connectivity index (χ1n) is 11.1. The van der Waals surface area contributed by atoms with E-state index >= 15 is 0 Å². The van der Waals surface area contributed by atoms with E-state index in [1.165, 1.54) is 43.9 Å². The topological polar surface area (TPSA) is 46.9 Å². The molecule has 3 saturated carbocycles. The zero-order valence-electron chi connectivity index (χ0n) is 18.0. The minimum absolute atomic E-state index is 0.00855. The van der Waals surface area contributed by atoms with Gasteiger partial charge in [-0.1, -0.05) is 38.3 Å². The van der Waals surface area contributed by atoms with Gasteiger partial charge in [-0.25, -0.2) is 9.37 Å². The van der Waals surface area contributed by atoms with E-state index in [1.54, 1.807) is 10.9 Å². The molecule has 3 aliphatic carbocycles. The Morgan fingerprint density at radius 2 is 1.77 bits per heavy atom. The molecule has 0 bridgehead atoms. The Kier molecular flexibility index (Phi) is 6.19. The van der Waals surface area contributed by atoms with Crippen molar-refractivity contribution in [1.29, 1.82) is 0 Å². The molecular formula is C24H31ClFN3O. The highest BCUT2D eigenvalue weighted by Crippen LogP contribution is 2.52. The molecule has 162 valence electrons. The number of halogens is 2. The third kappa shape index (κ3) is 4.72. The lowest BCUT2D eigenvalue weighted by Gasteiger charge is -2.14. The van der Waals surface area contributed by atoms with Gasteiger partial charge >= 0.3 is 0 Å². The molecule has 0 spiro atoms. The van der Waals surface area contributed by atoms with Gasteiger partial charge in [0.1, 0.15) is 11.5 Å². The zero-order chi connectivity index (χ0) is 21.4. The summed E-state index contributed by atoms with van der Waals surface area (Å²) in [6.45, 7) is 4.61. The van der Waals surface area contributed by atoms with Gasteiger partial charge in [0, 0.05) is 18.7 Å². The zero-order valence-corrected chi connectivity index (χ0v) is 18.8. The van der Waals surface area contributed by atoms with Gasteiger partial charge in [-0.3, -0.25) is 4.79 Å². The first-order chi connectivity index (χ1) is 14.3. The van der Waals surface area contributed by atoms with Crippen molar-refractivity contribution >= 4 is 23.2 Å². The van der Waals surface area contributed by atoms with Crippen LogP contribution in [0.4, 0.5) is 10.1 Å². The van der Waals surface area contributed by atoms with Crippen molar-refractivity contribution in [3.8, 4) is 0 Å². The minimum Gasteiger partial charge on any atom is -0.329 e. The number of anilines is 1. The second-order valence-electron chi connectivity index (χ2n) is 9.62. The van der Waals surface area contributed by atoms with Crippen LogP contribution in [-0.4, -0.2) is 15.5 Å². The fourth-order valence-corrected chi connectivity index (χ4v) is 5.28. The maximum absolute atomic E-state index is 13.3. The second-order valence-corrected chi connectivity index (χ2v) is 10.0. The van der Waals surface area contributed by atoms with Gasteiger partial charge in [0.25, 0.3) is 5.91 Å². The summed E-state index contributed by atoms with van der Waals surface area (Å²) in [6, 6.07) is 4.18. The lowest BCUT2D eigenvalue weighted by Crippen LogP contribution is -2.18. The van der Waals surface area contributed by atoms with Crippen molar-refractivity contribution in [2.45, 2.75) is 58.3 Å². The van der Waals surface area contributed by atoms with Crippen molar-refractivity contribution in [3.05, 3.63) is 46.8 Å². The predicted octanol–water partition coefficient (Wildman–Crippen LogP) is 6.42. The molecule has 4 nitrogen and oxygen atoms in total. The van der Waals surface area contributed by atoms with E-state index in [1.807, 2.05) is 7.05 Å². The maximum Gasteiger partial charge on any atom is 0.274 e. The molecular weight excluding hydrogens is 401 g/mol. The molecule has 6 heteroatoms. The highest BCUT2D eigenvalue weighted by Gasteiger charge is 2.42. The van der Waals surface area contributed by atoms with Gasteiger partial charge in [-0.2, -0.15) is 0 Å². The number of rotatable bonds is 3. The number of aryl methyl sites for hydroxylation is 1. The number of aromatic nitrogens is 2. The van der Waals surface area contributed by atoms with Crippen LogP contribution in [0.5, 0.6) is 0 Å². The lowest BCUT2D eigenvalue weighted by molar-refractivity contribution is 0.101. The second kappa shape index (κ2) is 8.70. The SMILES string of the molecule is CC1CC1.CC1CC2CC(c3ncn(C)c3C(=O)Nc3ccc(F)c(Cl)c3)CC2C1. The summed E-state index contributed by atoms with van der Waals surface area (Å²) in [4.78, 5) is 17.4. The summed E-state index contributed by atoms with van der Waals surface area (Å²) < 4.78 is 15.1. The fraction of sp³-hybridized carbons (Fsp3) is 0.583. The molecule has 1 amide bonds. The quantitative estimate of drug-likeness (QED) is 0.609. The molecule has 3 aliphatic rings. The molecule has 0 saturated heterocycles. The van der Waals surface area contributed by atoms with Crippen LogP contribution in [0, 0.1) is 29.5 Å². The van der Waals surface area contributed by atoms with Gasteiger partial charge in [0.05, 0.1) is 17.0 Å². The molecule has 1 aromatic heterocycles. The Morgan fingerprint density at radius 1 is 1.13 bits per heavy atom. The van der Waals surface area contributed by atoms with Crippen molar-refractivity contribution in [2.24, 2.45) is 30.7 Å². The number of hydrogen-bond donors (Lipinski definition) is 1. The van der Waals surface area contributed by atoms with Crippen LogP contribution in [0.3, 0.4) is 0 Å². The average molecular weight is 432 g/mol. The summed E-state index contributed by atoms with van der Waals surface area (Å²) in [7, 11) is 1.83. The lowest BCUT2D eigenvalue weighted by atomic mass is 9.95. The Labute approximate surface area is 183 Å². The third-order valence-electron chi connectivity index (χ3n) is 6.86. The van der Waals surface area contributed by atoms with Crippen LogP contribution in [0.15, 0.2) is 24.5 Å². The Balaban J connectivity index is 0.000000489. The first kappa shape index (κ1) is 21.4. The summed E-state index contributed by atoms with van der Waals surface area (Å²) in [5.41, 5.74) is 1.95. The van der Waals surface area contributed by atoms with Gasteiger partial charge in [-0.05, 0) is 67.6 Å². The van der Waals surface area contributed by atoms with Crippen molar-refractivity contribution < 1.29 is 9.18 Å². The molecule has 2 unspecified atom stereocenters. The number of nitrogens with one attached hydrogen (secondary N) is 1. The molecule has 2 aromatic rings.